The molecule has 5 aromatic rings. The zero-order valence-corrected chi connectivity index (χ0v) is 35.9. The van der Waals surface area contributed by atoms with Crippen LogP contribution in [0, 0.1) is 6.08 Å². The van der Waals surface area contributed by atoms with E-state index in [4.69, 9.17) is 0 Å². The van der Waals surface area contributed by atoms with Crippen molar-refractivity contribution < 1.29 is 49.0 Å². The molecule has 46 heavy (non-hydrogen) atoms. The van der Waals surface area contributed by atoms with Crippen LogP contribution in [0.3, 0.4) is 0 Å². The number of fused-ring (bicyclic) bond motifs is 3. The van der Waals surface area contributed by atoms with Gasteiger partial charge in [0.2, 0.25) is 0 Å². The van der Waals surface area contributed by atoms with Gasteiger partial charge in [-0.3, -0.25) is 6.08 Å². The molecule has 0 saturated carbocycles. The van der Waals surface area contributed by atoms with Crippen molar-refractivity contribution in [3.63, 3.8) is 0 Å². The molecule has 0 aromatic heterocycles. The fraction of sp³-hybridized carbons (Fsp3) is 0.250. The minimum absolute atomic E-state index is 0. The SMILES string of the molecule is C[Si](C)(C)C1=[C-]C([Si](C)(C)C)C=C1[Si](C)(C)C.[Cl-].[Cl-].[Zr+2]=[C](c1ccccc1)c1ccccc1.c1ccc2c(c1)[cH-]c1ccccc12. The van der Waals surface area contributed by atoms with Crippen molar-refractivity contribution in [2.45, 2.75) is 64.5 Å². The van der Waals surface area contributed by atoms with Crippen molar-refractivity contribution in [2.24, 2.45) is 0 Å². The third kappa shape index (κ3) is 10.6. The van der Waals surface area contributed by atoms with Gasteiger partial charge in [-0.05, 0) is 8.07 Å². The summed E-state index contributed by atoms with van der Waals surface area (Å²) in [6.07, 6.45) is 6.51. The van der Waals surface area contributed by atoms with Crippen LogP contribution in [-0.4, -0.2) is 27.4 Å². The fourth-order valence-electron chi connectivity index (χ4n) is 5.52. The number of rotatable bonds is 5. The number of hydrogen-bond donors (Lipinski definition) is 0. The molecule has 6 rings (SSSR count). The first kappa shape index (κ1) is 40.4. The molecule has 1 unspecified atom stereocenters. The summed E-state index contributed by atoms with van der Waals surface area (Å²) < 4.78 is 1.42. The molecule has 0 heterocycles. The Balaban J connectivity index is 0.000000236. The van der Waals surface area contributed by atoms with Crippen LogP contribution in [0.1, 0.15) is 11.1 Å². The monoisotopic (exact) mass is 772 g/mol. The van der Waals surface area contributed by atoms with Crippen molar-refractivity contribution in [2.75, 3.05) is 0 Å². The van der Waals surface area contributed by atoms with E-state index in [9.17, 15) is 0 Å². The molecule has 0 fully saturated rings. The van der Waals surface area contributed by atoms with Crippen LogP contribution in [0.15, 0.2) is 132 Å². The van der Waals surface area contributed by atoms with Crippen LogP contribution >= 0.6 is 0 Å². The summed E-state index contributed by atoms with van der Waals surface area (Å²) in [7, 11) is -3.55. The number of allylic oxidation sites excluding steroid dienone is 4. The zero-order valence-electron chi connectivity index (χ0n) is 28.9. The number of hydrogen-bond acceptors (Lipinski definition) is 0. The molecule has 0 spiro atoms. The minimum atomic E-state index is -1.22. The summed E-state index contributed by atoms with van der Waals surface area (Å²) in [5, 5.41) is 8.77. The average Bonchev–Trinajstić information content (AvgIpc) is 3.62. The van der Waals surface area contributed by atoms with Gasteiger partial charge in [0.25, 0.3) is 0 Å². The summed E-state index contributed by atoms with van der Waals surface area (Å²) in [4.78, 5) is 0. The molecule has 0 N–H and O–H groups in total. The van der Waals surface area contributed by atoms with Crippen molar-refractivity contribution in [1.82, 2.24) is 0 Å². The molecule has 1 aliphatic rings. The third-order valence-electron chi connectivity index (χ3n) is 8.04. The maximum absolute atomic E-state index is 3.91. The minimum Gasteiger partial charge on any atom is -0.126 e. The van der Waals surface area contributed by atoms with Crippen LogP contribution in [0.25, 0.3) is 21.5 Å². The molecule has 0 bridgehead atoms. The van der Waals surface area contributed by atoms with E-state index in [1.54, 1.807) is 10.4 Å². The second-order valence-corrected chi connectivity index (χ2v) is 31.5. The molecule has 6 heteroatoms. The third-order valence-corrected chi connectivity index (χ3v) is 15.8. The summed E-state index contributed by atoms with van der Waals surface area (Å²) in [5.74, 6) is 0. The molecule has 0 radical (unpaired) electrons. The molecular weight excluding hydrogens is 727 g/mol. The Morgan fingerprint density at radius 1 is 0.565 bits per heavy atom. The van der Waals surface area contributed by atoms with Crippen LogP contribution in [0.5, 0.6) is 0 Å². The average molecular weight is 775 g/mol. The van der Waals surface area contributed by atoms with Crippen molar-refractivity contribution >= 4 is 49.0 Å². The zero-order chi connectivity index (χ0) is 32.1. The Bertz CT molecular complexity index is 1650. The van der Waals surface area contributed by atoms with E-state index in [0.29, 0.717) is 5.54 Å². The fourth-order valence-corrected chi connectivity index (χ4v) is 13.1. The quantitative estimate of drug-likeness (QED) is 0.160. The summed E-state index contributed by atoms with van der Waals surface area (Å²) in [6.45, 7) is 22.2. The Hall–Kier alpha value is -1.79. The Morgan fingerprint density at radius 3 is 1.30 bits per heavy atom. The molecular formula is C40H48Cl2Si3Zr-2. The largest absolute Gasteiger partial charge is 0.126 e. The van der Waals surface area contributed by atoms with Crippen LogP contribution < -0.4 is 24.8 Å². The maximum Gasteiger partial charge on any atom is -0.0771 e. The van der Waals surface area contributed by atoms with E-state index >= 15 is 0 Å². The van der Waals surface area contributed by atoms with Crippen LogP contribution in [-0.2, 0) is 24.2 Å². The van der Waals surface area contributed by atoms with E-state index in [1.807, 2.05) is 0 Å². The van der Waals surface area contributed by atoms with Gasteiger partial charge >= 0.3 is 99.2 Å². The Kier molecular flexibility index (Phi) is 15.0. The second kappa shape index (κ2) is 17.0. The smallest absolute Gasteiger partial charge is 0.0771 e. The van der Waals surface area contributed by atoms with Gasteiger partial charge in [-0.2, -0.15) is 6.08 Å². The summed E-state index contributed by atoms with van der Waals surface area (Å²) in [5.41, 5.74) is 3.32. The summed E-state index contributed by atoms with van der Waals surface area (Å²) >= 11 is 1.46. The molecule has 1 aliphatic carbocycles. The normalized spacial score (nSPS) is 14.5. The predicted molar refractivity (Wildman–Crippen MR) is 202 cm³/mol. The molecule has 0 nitrogen and oxygen atoms in total. The molecule has 240 valence electrons. The van der Waals surface area contributed by atoms with Gasteiger partial charge in [-0.25, -0.2) is 10.4 Å². The summed E-state index contributed by atoms with van der Waals surface area (Å²) in [6, 6.07) is 40.4. The number of halogens is 2. The van der Waals surface area contributed by atoms with E-state index in [1.165, 1.54) is 60.1 Å². The van der Waals surface area contributed by atoms with E-state index in [-0.39, 0.29) is 24.8 Å². The van der Waals surface area contributed by atoms with Gasteiger partial charge in [-0.15, -0.1) is 45.3 Å². The molecule has 0 aliphatic heterocycles. The molecule has 5 aromatic carbocycles. The maximum atomic E-state index is 3.91. The second-order valence-electron chi connectivity index (χ2n) is 14.9. The van der Waals surface area contributed by atoms with Crippen LogP contribution in [0.2, 0.25) is 64.5 Å². The van der Waals surface area contributed by atoms with Gasteiger partial charge in [0, 0.05) is 16.1 Å². The van der Waals surface area contributed by atoms with Crippen molar-refractivity contribution in [1.29, 1.82) is 0 Å². The molecule has 0 amide bonds. The van der Waals surface area contributed by atoms with Crippen molar-refractivity contribution in [3.05, 3.63) is 149 Å². The standard InChI is InChI=1S/C14H29Si3.C13H9.C13H10.2ClH.Zr/c1-15(2,3)12-10-13(16(4,5)6)14(11-12)17(7,8)9;1-3-7-12-10(5-1)9-11-6-2-4-8-13(11)12;1-3-7-12(8-4-1)11-13-9-5-2-6-10-13;;;/h10,12H,1-9H3;1-9H;1-10H;2*1H;/q2*-1;;;;+2/p-2. The Labute approximate surface area is 309 Å². The topological polar surface area (TPSA) is 0 Å². The first-order valence-electron chi connectivity index (χ1n) is 15.8. The first-order chi connectivity index (χ1) is 20.7. The van der Waals surface area contributed by atoms with Crippen LogP contribution in [0.4, 0.5) is 0 Å². The van der Waals surface area contributed by atoms with Gasteiger partial charge in [0.05, 0.1) is 0 Å². The molecule has 0 saturated heterocycles. The van der Waals surface area contributed by atoms with Gasteiger partial charge in [0.15, 0.2) is 0 Å². The molecule has 1 atom stereocenters. The number of benzene rings is 4. The van der Waals surface area contributed by atoms with Gasteiger partial charge < -0.3 is 24.8 Å². The van der Waals surface area contributed by atoms with Crippen molar-refractivity contribution in [3.8, 4) is 0 Å². The van der Waals surface area contributed by atoms with Gasteiger partial charge in [-0.1, -0.05) is 95.3 Å². The van der Waals surface area contributed by atoms with E-state index in [2.05, 4.69) is 186 Å². The van der Waals surface area contributed by atoms with Gasteiger partial charge in [0.1, 0.15) is 0 Å². The Morgan fingerprint density at radius 2 is 0.957 bits per heavy atom. The van der Waals surface area contributed by atoms with E-state index < -0.39 is 24.2 Å². The predicted octanol–water partition coefficient (Wildman–Crippen LogP) is 5.64. The first-order valence-corrected chi connectivity index (χ1v) is 27.6. The van der Waals surface area contributed by atoms with E-state index in [0.717, 1.165) is 0 Å².